The van der Waals surface area contributed by atoms with Gasteiger partial charge in [-0.1, -0.05) is 20.8 Å². The van der Waals surface area contributed by atoms with Crippen LogP contribution in [0.5, 0.6) is 0 Å². The fourth-order valence-corrected chi connectivity index (χ4v) is 2.82. The first-order valence-electron chi connectivity index (χ1n) is 8.74. The number of β-amino-alcohol motifs (C(OH)–C–C–N with tert-alkyl or cyclic N) is 1. The third kappa shape index (κ3) is 4.02. The van der Waals surface area contributed by atoms with Gasteiger partial charge in [0.1, 0.15) is 5.76 Å². The average molecular weight is 343 g/mol. The number of piperidine rings is 1. The minimum absolute atomic E-state index is 0.183. The van der Waals surface area contributed by atoms with Crippen LogP contribution in [0.15, 0.2) is 34.9 Å². The van der Waals surface area contributed by atoms with Crippen LogP contribution in [0.1, 0.15) is 38.9 Å². The van der Waals surface area contributed by atoms with Crippen molar-refractivity contribution >= 4 is 11.7 Å². The first kappa shape index (κ1) is 17.5. The summed E-state index contributed by atoms with van der Waals surface area (Å²) in [5.74, 6) is 1.96. The number of anilines is 1. The molecule has 6 heteroatoms. The fraction of sp³-hybridized carbons (Fsp3) is 0.474. The van der Waals surface area contributed by atoms with Gasteiger partial charge in [-0.2, -0.15) is 0 Å². The SMILES string of the molecule is CC(C)c1cnc(-c2ccc(NC(=O)N3CCC(C)C(O)C3)cc2)o1. The largest absolute Gasteiger partial charge is 0.441 e. The van der Waals surface area contributed by atoms with E-state index < -0.39 is 6.10 Å². The van der Waals surface area contributed by atoms with Gasteiger partial charge in [0.05, 0.1) is 12.3 Å². The molecule has 0 radical (unpaired) electrons. The molecule has 2 unspecified atom stereocenters. The van der Waals surface area contributed by atoms with Gasteiger partial charge in [-0.05, 0) is 36.6 Å². The molecule has 2 heterocycles. The Morgan fingerprint density at radius 2 is 2.08 bits per heavy atom. The number of likely N-dealkylation sites (tertiary alicyclic amines) is 1. The molecule has 1 aromatic carbocycles. The molecular weight excluding hydrogens is 318 g/mol. The quantitative estimate of drug-likeness (QED) is 0.891. The molecule has 1 saturated heterocycles. The van der Waals surface area contributed by atoms with E-state index in [4.69, 9.17) is 4.42 Å². The lowest BCUT2D eigenvalue weighted by Crippen LogP contribution is -2.47. The molecule has 0 spiro atoms. The van der Waals surface area contributed by atoms with Gasteiger partial charge in [-0.15, -0.1) is 0 Å². The van der Waals surface area contributed by atoms with E-state index in [1.165, 1.54) is 0 Å². The number of aromatic nitrogens is 1. The van der Waals surface area contributed by atoms with Gasteiger partial charge in [-0.25, -0.2) is 9.78 Å². The maximum atomic E-state index is 12.3. The third-order valence-corrected chi connectivity index (χ3v) is 4.68. The molecule has 0 aliphatic carbocycles. The lowest BCUT2D eigenvalue weighted by Gasteiger charge is -2.34. The molecular formula is C19H25N3O3. The van der Waals surface area contributed by atoms with Gasteiger partial charge < -0.3 is 19.7 Å². The molecule has 3 rings (SSSR count). The van der Waals surface area contributed by atoms with Crippen LogP contribution in [0.4, 0.5) is 10.5 Å². The number of hydrogen-bond donors (Lipinski definition) is 2. The zero-order valence-electron chi connectivity index (χ0n) is 14.9. The van der Waals surface area contributed by atoms with E-state index >= 15 is 0 Å². The van der Waals surface area contributed by atoms with Crippen molar-refractivity contribution in [3.63, 3.8) is 0 Å². The molecule has 1 aromatic heterocycles. The first-order chi connectivity index (χ1) is 11.9. The molecule has 1 aliphatic heterocycles. The first-order valence-corrected chi connectivity index (χ1v) is 8.74. The molecule has 1 aliphatic rings. The van der Waals surface area contributed by atoms with Crippen molar-refractivity contribution in [1.29, 1.82) is 0 Å². The molecule has 2 aromatic rings. The molecule has 1 fully saturated rings. The van der Waals surface area contributed by atoms with Gasteiger partial charge >= 0.3 is 6.03 Å². The Balaban J connectivity index is 1.63. The molecule has 0 saturated carbocycles. The van der Waals surface area contributed by atoms with Crippen molar-refractivity contribution in [2.75, 3.05) is 18.4 Å². The third-order valence-electron chi connectivity index (χ3n) is 4.68. The smallest absolute Gasteiger partial charge is 0.321 e. The number of rotatable bonds is 3. The van der Waals surface area contributed by atoms with Crippen LogP contribution in [-0.2, 0) is 0 Å². The number of carbonyl (C=O) groups excluding carboxylic acids is 1. The number of nitrogens with one attached hydrogen (secondary N) is 1. The van der Waals surface area contributed by atoms with E-state index in [1.54, 1.807) is 11.1 Å². The Morgan fingerprint density at radius 3 is 2.68 bits per heavy atom. The summed E-state index contributed by atoms with van der Waals surface area (Å²) in [6.07, 6.45) is 2.11. The number of carbonyl (C=O) groups is 1. The van der Waals surface area contributed by atoms with Crippen LogP contribution in [-0.4, -0.2) is 40.2 Å². The summed E-state index contributed by atoms with van der Waals surface area (Å²) in [6.45, 7) is 7.16. The highest BCUT2D eigenvalue weighted by Crippen LogP contribution is 2.25. The second-order valence-corrected chi connectivity index (χ2v) is 7.01. The standard InChI is InChI=1S/C19H25N3O3/c1-12(2)17-10-20-18(25-17)14-4-6-15(7-5-14)21-19(24)22-9-8-13(3)16(23)11-22/h4-7,10,12-13,16,23H,8-9,11H2,1-3H3,(H,21,24). The number of benzene rings is 1. The Hall–Kier alpha value is -2.34. The maximum absolute atomic E-state index is 12.3. The second-order valence-electron chi connectivity index (χ2n) is 7.01. The van der Waals surface area contributed by atoms with Gasteiger partial charge in [0.2, 0.25) is 5.89 Å². The van der Waals surface area contributed by atoms with Crippen molar-refractivity contribution in [2.45, 2.75) is 39.2 Å². The van der Waals surface area contributed by atoms with Gasteiger partial charge in [0.15, 0.2) is 0 Å². The van der Waals surface area contributed by atoms with E-state index in [2.05, 4.69) is 24.1 Å². The van der Waals surface area contributed by atoms with Gasteiger partial charge in [-0.3, -0.25) is 0 Å². The van der Waals surface area contributed by atoms with Crippen LogP contribution in [0, 0.1) is 5.92 Å². The Morgan fingerprint density at radius 1 is 1.36 bits per heavy atom. The molecule has 25 heavy (non-hydrogen) atoms. The van der Waals surface area contributed by atoms with Crippen molar-refractivity contribution in [1.82, 2.24) is 9.88 Å². The van der Waals surface area contributed by atoms with Crippen LogP contribution < -0.4 is 5.32 Å². The number of oxazole rings is 1. The van der Waals surface area contributed by atoms with Crippen LogP contribution in [0.2, 0.25) is 0 Å². The van der Waals surface area contributed by atoms with E-state index in [1.807, 2.05) is 31.2 Å². The predicted molar refractivity (Wildman–Crippen MR) is 96.4 cm³/mol. The highest BCUT2D eigenvalue weighted by Gasteiger charge is 2.27. The minimum Gasteiger partial charge on any atom is -0.441 e. The summed E-state index contributed by atoms with van der Waals surface area (Å²) in [5.41, 5.74) is 1.57. The molecule has 2 atom stereocenters. The summed E-state index contributed by atoms with van der Waals surface area (Å²) >= 11 is 0. The lowest BCUT2D eigenvalue weighted by molar-refractivity contribution is 0.0464. The molecule has 2 N–H and O–H groups in total. The number of urea groups is 1. The number of aliphatic hydroxyl groups is 1. The summed E-state index contributed by atoms with van der Waals surface area (Å²) in [4.78, 5) is 18.3. The Bertz CT molecular complexity index is 724. The normalized spacial score (nSPS) is 20.8. The van der Waals surface area contributed by atoms with Crippen molar-refractivity contribution < 1.29 is 14.3 Å². The zero-order valence-corrected chi connectivity index (χ0v) is 14.9. The monoisotopic (exact) mass is 343 g/mol. The van der Waals surface area contributed by atoms with Crippen molar-refractivity contribution in [2.24, 2.45) is 5.92 Å². The van der Waals surface area contributed by atoms with Crippen molar-refractivity contribution in [3.8, 4) is 11.5 Å². The number of hydrogen-bond acceptors (Lipinski definition) is 4. The molecule has 134 valence electrons. The maximum Gasteiger partial charge on any atom is 0.321 e. The summed E-state index contributed by atoms with van der Waals surface area (Å²) < 4.78 is 5.73. The summed E-state index contributed by atoms with van der Waals surface area (Å²) in [6, 6.07) is 7.22. The van der Waals surface area contributed by atoms with Crippen LogP contribution in [0.3, 0.4) is 0 Å². The highest BCUT2D eigenvalue weighted by atomic mass is 16.4. The number of nitrogens with zero attached hydrogens (tertiary/aromatic N) is 2. The highest BCUT2D eigenvalue weighted by molar-refractivity contribution is 5.89. The zero-order chi connectivity index (χ0) is 18.0. The average Bonchev–Trinajstić information content (AvgIpc) is 3.08. The van der Waals surface area contributed by atoms with Gasteiger partial charge in [0, 0.05) is 30.3 Å². The minimum atomic E-state index is -0.456. The van der Waals surface area contributed by atoms with E-state index in [0.717, 1.165) is 17.7 Å². The predicted octanol–water partition coefficient (Wildman–Crippen LogP) is 3.70. The van der Waals surface area contributed by atoms with Crippen molar-refractivity contribution in [3.05, 3.63) is 36.2 Å². The number of amides is 2. The van der Waals surface area contributed by atoms with E-state index in [9.17, 15) is 9.90 Å². The van der Waals surface area contributed by atoms with E-state index in [-0.39, 0.29) is 11.9 Å². The topological polar surface area (TPSA) is 78.6 Å². The fourth-order valence-electron chi connectivity index (χ4n) is 2.82. The van der Waals surface area contributed by atoms with Gasteiger partial charge in [0.25, 0.3) is 0 Å². The number of aliphatic hydroxyl groups excluding tert-OH is 1. The van der Waals surface area contributed by atoms with E-state index in [0.29, 0.717) is 30.6 Å². The summed E-state index contributed by atoms with van der Waals surface area (Å²) in [5, 5.41) is 12.8. The Kier molecular flexibility index (Phi) is 5.08. The molecule has 6 nitrogen and oxygen atoms in total. The molecule has 2 amide bonds. The Labute approximate surface area is 147 Å². The summed E-state index contributed by atoms with van der Waals surface area (Å²) in [7, 11) is 0. The second kappa shape index (κ2) is 7.27. The van der Waals surface area contributed by atoms with Crippen LogP contribution in [0.25, 0.3) is 11.5 Å². The lowest BCUT2D eigenvalue weighted by atomic mass is 9.96. The molecule has 0 bridgehead atoms. The van der Waals surface area contributed by atoms with Crippen LogP contribution >= 0.6 is 0 Å².